The van der Waals surface area contributed by atoms with E-state index in [1.165, 1.54) is 6.07 Å². The van der Waals surface area contributed by atoms with Crippen LogP contribution < -0.4 is 5.56 Å². The number of alkyl halides is 3. The number of hydrogen-bond donors (Lipinski definition) is 2. The van der Waals surface area contributed by atoms with E-state index in [0.29, 0.717) is 3.70 Å². The lowest BCUT2D eigenvalue weighted by molar-refractivity contribution is -0.139. The van der Waals surface area contributed by atoms with Crippen LogP contribution in [-0.4, -0.2) is 15.2 Å². The SMILES string of the molecule is O=c1[nH]c(I)cc2c(C(F)(F)F)[nH]nc12. The van der Waals surface area contributed by atoms with Gasteiger partial charge in [-0.15, -0.1) is 0 Å². The molecule has 8 heteroatoms. The molecule has 2 heterocycles. The van der Waals surface area contributed by atoms with Crippen molar-refractivity contribution in [2.24, 2.45) is 0 Å². The van der Waals surface area contributed by atoms with Crippen LogP contribution in [-0.2, 0) is 6.18 Å². The number of aromatic nitrogens is 3. The van der Waals surface area contributed by atoms with Gasteiger partial charge in [-0.05, 0) is 28.7 Å². The molecule has 0 saturated carbocycles. The van der Waals surface area contributed by atoms with Crippen molar-refractivity contribution in [3.8, 4) is 0 Å². The van der Waals surface area contributed by atoms with Crippen LogP contribution in [0.4, 0.5) is 13.2 Å². The van der Waals surface area contributed by atoms with Crippen LogP contribution in [0, 0.1) is 3.70 Å². The van der Waals surface area contributed by atoms with Gasteiger partial charge < -0.3 is 4.98 Å². The molecule has 0 fully saturated rings. The van der Waals surface area contributed by atoms with Crippen molar-refractivity contribution in [1.29, 1.82) is 0 Å². The summed E-state index contributed by atoms with van der Waals surface area (Å²) in [5, 5.41) is 4.94. The third kappa shape index (κ3) is 1.73. The summed E-state index contributed by atoms with van der Waals surface area (Å²) in [5.41, 5.74) is -1.87. The molecule has 0 atom stereocenters. The zero-order valence-corrected chi connectivity index (χ0v) is 9.10. The quantitative estimate of drug-likeness (QED) is 0.573. The Morgan fingerprint density at radius 2 is 2.07 bits per heavy atom. The Morgan fingerprint density at radius 3 is 2.67 bits per heavy atom. The van der Waals surface area contributed by atoms with Crippen molar-refractivity contribution in [2.75, 3.05) is 0 Å². The lowest BCUT2D eigenvalue weighted by atomic mass is 10.2. The molecular formula is C7H3F3IN3O. The second kappa shape index (κ2) is 3.22. The summed E-state index contributed by atoms with van der Waals surface area (Å²) < 4.78 is 37.6. The van der Waals surface area contributed by atoms with Crippen LogP contribution in [0.1, 0.15) is 5.69 Å². The number of rotatable bonds is 0. The van der Waals surface area contributed by atoms with Crippen molar-refractivity contribution in [2.45, 2.75) is 6.18 Å². The van der Waals surface area contributed by atoms with E-state index >= 15 is 0 Å². The van der Waals surface area contributed by atoms with Gasteiger partial charge in [-0.25, -0.2) is 0 Å². The Bertz CT molecular complexity index is 571. The summed E-state index contributed by atoms with van der Waals surface area (Å²) >= 11 is 1.73. The molecule has 2 aromatic rings. The lowest BCUT2D eigenvalue weighted by Crippen LogP contribution is -2.09. The largest absolute Gasteiger partial charge is 0.433 e. The van der Waals surface area contributed by atoms with Crippen LogP contribution in [0.3, 0.4) is 0 Å². The molecule has 2 aromatic heterocycles. The molecule has 0 aromatic carbocycles. The van der Waals surface area contributed by atoms with Gasteiger partial charge in [0.2, 0.25) is 0 Å². The fourth-order valence-electron chi connectivity index (χ4n) is 1.21. The number of nitrogens with zero attached hydrogens (tertiary/aromatic N) is 1. The molecule has 0 aliphatic heterocycles. The normalized spacial score (nSPS) is 12.3. The second-order valence-electron chi connectivity index (χ2n) is 2.81. The average molecular weight is 329 g/mol. The van der Waals surface area contributed by atoms with Gasteiger partial charge in [0.25, 0.3) is 5.56 Å². The molecule has 0 radical (unpaired) electrons. The minimum Gasteiger partial charge on any atom is -0.315 e. The first-order valence-corrected chi connectivity index (χ1v) is 4.81. The highest BCUT2D eigenvalue weighted by Gasteiger charge is 2.35. The Labute approximate surface area is 94.0 Å². The Morgan fingerprint density at radius 1 is 1.40 bits per heavy atom. The van der Waals surface area contributed by atoms with Gasteiger partial charge >= 0.3 is 6.18 Å². The topological polar surface area (TPSA) is 61.5 Å². The number of H-pyrrole nitrogens is 2. The molecule has 2 rings (SSSR count). The first-order valence-electron chi connectivity index (χ1n) is 3.73. The Balaban J connectivity index is 2.86. The molecule has 4 nitrogen and oxygen atoms in total. The van der Waals surface area contributed by atoms with E-state index in [0.717, 1.165) is 0 Å². The highest BCUT2D eigenvalue weighted by Crippen LogP contribution is 2.32. The van der Waals surface area contributed by atoms with Gasteiger partial charge in [0.05, 0.1) is 3.70 Å². The summed E-state index contributed by atoms with van der Waals surface area (Å²) in [4.78, 5) is 13.6. The van der Waals surface area contributed by atoms with Crippen LogP contribution in [0.25, 0.3) is 10.9 Å². The number of halogens is 4. The maximum absolute atomic E-state index is 12.4. The van der Waals surface area contributed by atoms with E-state index in [-0.39, 0.29) is 10.9 Å². The standard InChI is InChI=1S/C7H3F3IN3O/c8-7(9,10)5-2-1-3(11)12-6(15)4(2)13-14-5/h1H,(H,12,15)(H,13,14). The molecule has 0 unspecified atom stereocenters. The fraction of sp³-hybridized carbons (Fsp3) is 0.143. The summed E-state index contributed by atoms with van der Waals surface area (Å²) in [7, 11) is 0. The van der Waals surface area contributed by atoms with Gasteiger partial charge in [0.1, 0.15) is 5.69 Å². The van der Waals surface area contributed by atoms with Crippen molar-refractivity contribution in [3.05, 3.63) is 25.8 Å². The van der Waals surface area contributed by atoms with Crippen molar-refractivity contribution in [3.63, 3.8) is 0 Å². The Hall–Kier alpha value is -1.06. The molecule has 0 bridgehead atoms. The first-order chi connectivity index (χ1) is 6.89. The first kappa shape index (κ1) is 10.5. The van der Waals surface area contributed by atoms with E-state index in [2.05, 4.69) is 10.1 Å². The molecular weight excluding hydrogens is 326 g/mol. The van der Waals surface area contributed by atoms with Gasteiger partial charge in [-0.2, -0.15) is 18.3 Å². The highest BCUT2D eigenvalue weighted by atomic mass is 127. The van der Waals surface area contributed by atoms with Crippen molar-refractivity contribution < 1.29 is 13.2 Å². The number of aromatic amines is 2. The van der Waals surface area contributed by atoms with Crippen LogP contribution >= 0.6 is 22.6 Å². The van der Waals surface area contributed by atoms with E-state index in [9.17, 15) is 18.0 Å². The van der Waals surface area contributed by atoms with Gasteiger partial charge in [-0.3, -0.25) is 9.89 Å². The fourth-order valence-corrected chi connectivity index (χ4v) is 1.77. The molecule has 0 saturated heterocycles. The van der Waals surface area contributed by atoms with Gasteiger partial charge in [-0.1, -0.05) is 0 Å². The molecule has 0 spiro atoms. The molecule has 15 heavy (non-hydrogen) atoms. The zero-order valence-electron chi connectivity index (χ0n) is 6.94. The van der Waals surface area contributed by atoms with E-state index in [1.807, 2.05) is 5.10 Å². The van der Waals surface area contributed by atoms with E-state index in [1.54, 1.807) is 22.6 Å². The molecule has 0 amide bonds. The third-order valence-corrected chi connectivity index (χ3v) is 2.39. The molecule has 0 aliphatic carbocycles. The van der Waals surface area contributed by atoms with Crippen LogP contribution in [0.2, 0.25) is 0 Å². The highest BCUT2D eigenvalue weighted by molar-refractivity contribution is 14.1. The van der Waals surface area contributed by atoms with E-state index < -0.39 is 17.4 Å². The van der Waals surface area contributed by atoms with Crippen molar-refractivity contribution in [1.82, 2.24) is 15.2 Å². The minimum absolute atomic E-state index is 0.212. The van der Waals surface area contributed by atoms with Crippen LogP contribution in [0.5, 0.6) is 0 Å². The summed E-state index contributed by atoms with van der Waals surface area (Å²) in [6.45, 7) is 0. The smallest absolute Gasteiger partial charge is 0.315 e. The second-order valence-corrected chi connectivity index (χ2v) is 3.97. The number of pyridine rings is 1. The van der Waals surface area contributed by atoms with Crippen molar-refractivity contribution >= 4 is 33.5 Å². The summed E-state index contributed by atoms with van der Waals surface area (Å²) in [6.07, 6.45) is -4.54. The minimum atomic E-state index is -4.54. The zero-order chi connectivity index (χ0) is 11.2. The predicted molar refractivity (Wildman–Crippen MR) is 54.4 cm³/mol. The summed E-state index contributed by atoms with van der Waals surface area (Å²) in [6, 6.07) is 1.23. The van der Waals surface area contributed by atoms with Crippen LogP contribution in [0.15, 0.2) is 10.9 Å². The maximum atomic E-state index is 12.4. The lowest BCUT2D eigenvalue weighted by Gasteiger charge is -2.02. The molecule has 2 N–H and O–H groups in total. The summed E-state index contributed by atoms with van der Waals surface area (Å²) in [5.74, 6) is 0. The van der Waals surface area contributed by atoms with E-state index in [4.69, 9.17) is 0 Å². The molecule has 0 aliphatic rings. The van der Waals surface area contributed by atoms with Gasteiger partial charge in [0, 0.05) is 5.39 Å². The maximum Gasteiger partial charge on any atom is 0.433 e. The number of fused-ring (bicyclic) bond motifs is 1. The monoisotopic (exact) mass is 329 g/mol. The number of nitrogens with one attached hydrogen (secondary N) is 2. The van der Waals surface area contributed by atoms with Gasteiger partial charge in [0.15, 0.2) is 5.52 Å². The number of hydrogen-bond acceptors (Lipinski definition) is 2. The predicted octanol–water partition coefficient (Wildman–Crippen LogP) is 1.87. The third-order valence-electron chi connectivity index (χ3n) is 1.81. The Kier molecular flexibility index (Phi) is 2.24. The average Bonchev–Trinajstić information content (AvgIpc) is 2.45. The molecule has 80 valence electrons.